The summed E-state index contributed by atoms with van der Waals surface area (Å²) in [6.45, 7) is 5.06. The van der Waals surface area contributed by atoms with Crippen LogP contribution in [0.25, 0.3) is 0 Å². The maximum atomic E-state index is 12.7. The van der Waals surface area contributed by atoms with Gasteiger partial charge in [-0.15, -0.1) is 6.58 Å². The highest BCUT2D eigenvalue weighted by Gasteiger charge is 2.23. The first-order valence-corrected chi connectivity index (χ1v) is 9.91. The van der Waals surface area contributed by atoms with Gasteiger partial charge >= 0.3 is 0 Å². The van der Waals surface area contributed by atoms with E-state index < -0.39 is 0 Å². The Labute approximate surface area is 176 Å². The fourth-order valence-electron chi connectivity index (χ4n) is 3.29. The molecule has 0 unspecified atom stereocenters. The summed E-state index contributed by atoms with van der Waals surface area (Å²) in [5.41, 5.74) is 3.41. The summed E-state index contributed by atoms with van der Waals surface area (Å²) in [6, 6.07) is 19.0. The minimum Gasteiger partial charge on any atom is -0.335 e. The number of hydrazone groups is 1. The van der Waals surface area contributed by atoms with Crippen molar-refractivity contribution >= 4 is 17.5 Å². The highest BCUT2D eigenvalue weighted by molar-refractivity contribution is 6.02. The van der Waals surface area contributed by atoms with Crippen molar-refractivity contribution in [3.63, 3.8) is 0 Å². The molecule has 6 heteroatoms. The standard InChI is InChI=1S/C24H24N4O2/c1-2-15-27(18-20-10-8-19(17-25)9-11-20)23(29)12-13-24(30)28-16-14-22(26-28)21-6-4-3-5-7-21/h2-11H,1,12-16,18H2. The smallest absolute Gasteiger partial charge is 0.243 e. The zero-order valence-electron chi connectivity index (χ0n) is 16.8. The van der Waals surface area contributed by atoms with Crippen molar-refractivity contribution in [3.05, 3.63) is 83.9 Å². The minimum absolute atomic E-state index is 0.112. The zero-order valence-corrected chi connectivity index (χ0v) is 16.8. The monoisotopic (exact) mass is 400 g/mol. The first-order valence-electron chi connectivity index (χ1n) is 9.91. The highest BCUT2D eigenvalue weighted by Crippen LogP contribution is 2.16. The molecule has 6 nitrogen and oxygen atoms in total. The van der Waals surface area contributed by atoms with Gasteiger partial charge in [0.2, 0.25) is 11.8 Å². The van der Waals surface area contributed by atoms with E-state index in [1.807, 2.05) is 42.5 Å². The third-order valence-corrected chi connectivity index (χ3v) is 4.91. The number of carbonyl (C=O) groups excluding carboxylic acids is 2. The fraction of sp³-hybridized carbons (Fsp3) is 0.250. The van der Waals surface area contributed by atoms with Gasteiger partial charge in [0.15, 0.2) is 0 Å². The molecule has 0 bridgehead atoms. The number of nitrogens with zero attached hydrogens (tertiary/aromatic N) is 4. The van der Waals surface area contributed by atoms with Crippen LogP contribution in [-0.4, -0.2) is 40.5 Å². The number of nitriles is 1. The summed E-state index contributed by atoms with van der Waals surface area (Å²) in [7, 11) is 0. The molecule has 1 aliphatic heterocycles. The highest BCUT2D eigenvalue weighted by atomic mass is 16.2. The van der Waals surface area contributed by atoms with Crippen molar-refractivity contribution in [3.8, 4) is 6.07 Å². The lowest BCUT2D eigenvalue weighted by Crippen LogP contribution is -2.32. The van der Waals surface area contributed by atoms with E-state index in [0.29, 0.717) is 31.6 Å². The third-order valence-electron chi connectivity index (χ3n) is 4.91. The van der Waals surface area contributed by atoms with Crippen LogP contribution in [0.2, 0.25) is 0 Å². The number of hydrogen-bond donors (Lipinski definition) is 0. The quantitative estimate of drug-likeness (QED) is 0.637. The van der Waals surface area contributed by atoms with Crippen LogP contribution in [-0.2, 0) is 16.1 Å². The van der Waals surface area contributed by atoms with Crippen LogP contribution in [0.1, 0.15) is 36.0 Å². The Bertz CT molecular complexity index is 975. The maximum absolute atomic E-state index is 12.7. The SMILES string of the molecule is C=CCN(Cc1ccc(C#N)cc1)C(=O)CCC(=O)N1CCC(c2ccccc2)=N1. The van der Waals surface area contributed by atoms with Gasteiger partial charge in [0, 0.05) is 32.4 Å². The van der Waals surface area contributed by atoms with Crippen LogP contribution in [0.3, 0.4) is 0 Å². The average Bonchev–Trinajstić information content (AvgIpc) is 3.28. The van der Waals surface area contributed by atoms with E-state index in [1.165, 1.54) is 5.01 Å². The van der Waals surface area contributed by atoms with Gasteiger partial charge in [-0.2, -0.15) is 10.4 Å². The summed E-state index contributed by atoms with van der Waals surface area (Å²) in [5.74, 6) is -0.259. The Hall–Kier alpha value is -3.72. The lowest BCUT2D eigenvalue weighted by molar-refractivity contribution is -0.136. The van der Waals surface area contributed by atoms with Crippen LogP contribution in [0.5, 0.6) is 0 Å². The predicted molar refractivity (Wildman–Crippen MR) is 115 cm³/mol. The molecular weight excluding hydrogens is 376 g/mol. The molecule has 30 heavy (non-hydrogen) atoms. The molecule has 1 aliphatic rings. The molecule has 2 aromatic rings. The lowest BCUT2D eigenvalue weighted by Gasteiger charge is -2.21. The van der Waals surface area contributed by atoms with E-state index in [2.05, 4.69) is 17.7 Å². The Morgan fingerprint density at radius 3 is 2.53 bits per heavy atom. The number of hydrogen-bond acceptors (Lipinski definition) is 4. The van der Waals surface area contributed by atoms with Crippen molar-refractivity contribution < 1.29 is 9.59 Å². The molecule has 2 aromatic carbocycles. The molecule has 0 saturated carbocycles. The van der Waals surface area contributed by atoms with Gasteiger partial charge in [0.05, 0.1) is 23.9 Å². The average molecular weight is 400 g/mol. The summed E-state index contributed by atoms with van der Waals surface area (Å²) < 4.78 is 0. The second-order valence-electron chi connectivity index (χ2n) is 7.05. The van der Waals surface area contributed by atoms with Crippen molar-refractivity contribution in [2.24, 2.45) is 5.10 Å². The molecule has 0 saturated heterocycles. The number of amides is 2. The summed E-state index contributed by atoms with van der Waals surface area (Å²) in [4.78, 5) is 26.9. The van der Waals surface area contributed by atoms with E-state index in [-0.39, 0.29) is 24.7 Å². The normalized spacial score (nSPS) is 12.8. The van der Waals surface area contributed by atoms with E-state index >= 15 is 0 Å². The van der Waals surface area contributed by atoms with Crippen molar-refractivity contribution in [1.29, 1.82) is 5.26 Å². The first-order chi connectivity index (χ1) is 14.6. The van der Waals surface area contributed by atoms with Crippen molar-refractivity contribution in [2.45, 2.75) is 25.8 Å². The first kappa shape index (κ1) is 21.0. The molecule has 152 valence electrons. The molecule has 1 heterocycles. The number of carbonyl (C=O) groups is 2. The van der Waals surface area contributed by atoms with Crippen LogP contribution in [0.15, 0.2) is 72.4 Å². The van der Waals surface area contributed by atoms with E-state index in [4.69, 9.17) is 5.26 Å². The third kappa shape index (κ3) is 5.42. The van der Waals surface area contributed by atoms with Gasteiger partial charge < -0.3 is 4.90 Å². The Balaban J connectivity index is 1.55. The Morgan fingerprint density at radius 2 is 1.87 bits per heavy atom. The van der Waals surface area contributed by atoms with Crippen LogP contribution >= 0.6 is 0 Å². The van der Waals surface area contributed by atoms with Gasteiger partial charge in [-0.1, -0.05) is 48.5 Å². The maximum Gasteiger partial charge on any atom is 0.243 e. The number of benzene rings is 2. The summed E-state index contributed by atoms with van der Waals surface area (Å²) >= 11 is 0. The second kappa shape index (κ2) is 10.2. The molecule has 0 N–H and O–H groups in total. The molecule has 0 atom stereocenters. The van der Waals surface area contributed by atoms with Gasteiger partial charge in [0.25, 0.3) is 0 Å². The van der Waals surface area contributed by atoms with Gasteiger partial charge in [-0.3, -0.25) is 9.59 Å². The zero-order chi connectivity index (χ0) is 21.3. The fourth-order valence-corrected chi connectivity index (χ4v) is 3.29. The van der Waals surface area contributed by atoms with Crippen LogP contribution in [0.4, 0.5) is 0 Å². The van der Waals surface area contributed by atoms with E-state index in [9.17, 15) is 9.59 Å². The molecule has 0 radical (unpaired) electrons. The molecule has 2 amide bonds. The largest absolute Gasteiger partial charge is 0.335 e. The lowest BCUT2D eigenvalue weighted by atomic mass is 10.1. The molecular formula is C24H24N4O2. The summed E-state index contributed by atoms with van der Waals surface area (Å²) in [6.07, 6.45) is 2.62. The Kier molecular flexibility index (Phi) is 7.12. The predicted octanol–water partition coefficient (Wildman–Crippen LogP) is 3.49. The molecule has 3 rings (SSSR count). The van der Waals surface area contributed by atoms with Crippen LogP contribution < -0.4 is 0 Å². The van der Waals surface area contributed by atoms with Gasteiger partial charge in [-0.05, 0) is 23.3 Å². The summed E-state index contributed by atoms with van der Waals surface area (Å²) in [5, 5.41) is 14.8. The molecule has 0 aliphatic carbocycles. The van der Waals surface area contributed by atoms with Gasteiger partial charge in [-0.25, -0.2) is 5.01 Å². The Morgan fingerprint density at radius 1 is 1.13 bits per heavy atom. The van der Waals surface area contributed by atoms with E-state index in [0.717, 1.165) is 16.8 Å². The van der Waals surface area contributed by atoms with Crippen LogP contribution in [0, 0.1) is 11.3 Å². The van der Waals surface area contributed by atoms with Crippen molar-refractivity contribution in [2.75, 3.05) is 13.1 Å². The van der Waals surface area contributed by atoms with E-state index in [1.54, 1.807) is 23.1 Å². The molecule has 0 fully saturated rings. The molecule has 0 aromatic heterocycles. The topological polar surface area (TPSA) is 76.8 Å². The number of rotatable bonds is 8. The van der Waals surface area contributed by atoms with Gasteiger partial charge in [0.1, 0.15) is 0 Å². The minimum atomic E-state index is -0.147. The molecule has 0 spiro atoms. The van der Waals surface area contributed by atoms with Crippen molar-refractivity contribution in [1.82, 2.24) is 9.91 Å². The second-order valence-corrected chi connectivity index (χ2v) is 7.05.